The van der Waals surface area contributed by atoms with Crippen molar-refractivity contribution in [3.63, 3.8) is 0 Å². The molecule has 1 aromatic carbocycles. The van der Waals surface area contributed by atoms with Gasteiger partial charge in [0.2, 0.25) is 10.0 Å². The number of benzene rings is 1. The number of sulfonamides is 1. The fourth-order valence-corrected chi connectivity index (χ4v) is 7.71. The molecule has 2 aromatic rings. The van der Waals surface area contributed by atoms with Crippen molar-refractivity contribution in [3.8, 4) is 0 Å². The molecule has 1 fully saturated rings. The molecular weight excluding hydrogens is 390 g/mol. The molecule has 1 atom stereocenters. The highest BCUT2D eigenvalue weighted by atomic mass is 32.2. The first-order valence-corrected chi connectivity index (χ1v) is 12.6. The molecule has 0 radical (unpaired) electrons. The molecule has 142 valence electrons. The van der Waals surface area contributed by atoms with Crippen LogP contribution in [0, 0.1) is 0 Å². The maximum atomic E-state index is 13.0. The summed E-state index contributed by atoms with van der Waals surface area (Å²) in [5.41, 5.74) is 1.07. The maximum absolute atomic E-state index is 13.0. The highest BCUT2D eigenvalue weighted by molar-refractivity contribution is 7.92. The standard InChI is InChI=1S/C18H23NO4S3/c1-14(2)15-5-7-16(8-6-15)26(22,23)19-10-9-18(17-4-3-12-24-17)25(20,21)13-11-19/h3-8,12,14,18H,9-11,13H2,1-2H3. The Bertz CT molecular complexity index is 946. The van der Waals surface area contributed by atoms with Crippen LogP contribution >= 0.6 is 11.3 Å². The van der Waals surface area contributed by atoms with Gasteiger partial charge in [0.1, 0.15) is 0 Å². The number of sulfone groups is 1. The summed E-state index contributed by atoms with van der Waals surface area (Å²) in [6.07, 6.45) is 0.284. The van der Waals surface area contributed by atoms with Crippen LogP contribution in [0.3, 0.4) is 0 Å². The molecule has 0 bridgehead atoms. The molecule has 1 aliphatic rings. The molecule has 0 amide bonds. The predicted octanol–water partition coefficient (Wildman–Crippen LogP) is 3.42. The lowest BCUT2D eigenvalue weighted by atomic mass is 10.0. The highest BCUT2D eigenvalue weighted by Crippen LogP contribution is 2.33. The van der Waals surface area contributed by atoms with E-state index >= 15 is 0 Å². The summed E-state index contributed by atoms with van der Waals surface area (Å²) < 4.78 is 52.5. The van der Waals surface area contributed by atoms with Crippen molar-refractivity contribution in [2.75, 3.05) is 18.8 Å². The number of hydrogen-bond acceptors (Lipinski definition) is 5. The third kappa shape index (κ3) is 3.88. The fourth-order valence-electron chi connectivity index (χ4n) is 3.13. The van der Waals surface area contributed by atoms with Crippen LogP contribution in [0.4, 0.5) is 0 Å². The molecule has 1 saturated heterocycles. The van der Waals surface area contributed by atoms with Gasteiger partial charge in [0, 0.05) is 18.0 Å². The Balaban J connectivity index is 1.85. The van der Waals surface area contributed by atoms with Crippen molar-refractivity contribution in [2.24, 2.45) is 0 Å². The molecule has 0 saturated carbocycles. The van der Waals surface area contributed by atoms with E-state index in [1.54, 1.807) is 12.1 Å². The number of thiophene rings is 1. The summed E-state index contributed by atoms with van der Waals surface area (Å²) in [4.78, 5) is 0.999. The van der Waals surface area contributed by atoms with Gasteiger partial charge < -0.3 is 0 Å². The van der Waals surface area contributed by atoms with Gasteiger partial charge >= 0.3 is 0 Å². The molecule has 3 rings (SSSR count). The summed E-state index contributed by atoms with van der Waals surface area (Å²) in [5.74, 6) is 0.167. The highest BCUT2D eigenvalue weighted by Gasteiger charge is 2.36. The van der Waals surface area contributed by atoms with Crippen LogP contribution in [0.15, 0.2) is 46.7 Å². The van der Waals surface area contributed by atoms with Crippen molar-refractivity contribution in [2.45, 2.75) is 36.3 Å². The molecule has 1 aromatic heterocycles. The van der Waals surface area contributed by atoms with Crippen molar-refractivity contribution < 1.29 is 16.8 Å². The zero-order chi connectivity index (χ0) is 18.9. The Morgan fingerprint density at radius 3 is 2.38 bits per heavy atom. The van der Waals surface area contributed by atoms with Gasteiger partial charge in [0.15, 0.2) is 9.84 Å². The van der Waals surface area contributed by atoms with E-state index in [-0.39, 0.29) is 30.2 Å². The first-order valence-electron chi connectivity index (χ1n) is 8.57. The summed E-state index contributed by atoms with van der Waals surface area (Å²) in [7, 11) is -7.07. The third-order valence-electron chi connectivity index (χ3n) is 4.74. The topological polar surface area (TPSA) is 71.5 Å². The van der Waals surface area contributed by atoms with E-state index in [1.807, 2.05) is 43.5 Å². The lowest BCUT2D eigenvalue weighted by Gasteiger charge is -2.20. The number of hydrogen-bond donors (Lipinski definition) is 0. The van der Waals surface area contributed by atoms with E-state index in [4.69, 9.17) is 0 Å². The third-order valence-corrected chi connectivity index (χ3v) is 9.90. The minimum Gasteiger partial charge on any atom is -0.228 e. The van der Waals surface area contributed by atoms with Gasteiger partial charge in [-0.2, -0.15) is 4.31 Å². The smallest absolute Gasteiger partial charge is 0.228 e. The Kier molecular flexibility index (Phi) is 5.58. The van der Waals surface area contributed by atoms with Crippen molar-refractivity contribution in [3.05, 3.63) is 52.2 Å². The first-order chi connectivity index (χ1) is 12.2. The van der Waals surface area contributed by atoms with E-state index < -0.39 is 25.1 Å². The summed E-state index contributed by atoms with van der Waals surface area (Å²) in [6.45, 7) is 4.30. The zero-order valence-corrected chi connectivity index (χ0v) is 17.3. The molecule has 26 heavy (non-hydrogen) atoms. The van der Waals surface area contributed by atoms with E-state index in [0.29, 0.717) is 5.92 Å². The Labute approximate surface area is 159 Å². The summed E-state index contributed by atoms with van der Waals surface area (Å²) >= 11 is 1.40. The quantitative estimate of drug-likeness (QED) is 0.770. The second-order valence-electron chi connectivity index (χ2n) is 6.79. The monoisotopic (exact) mass is 413 g/mol. The molecular formula is C18H23NO4S3. The van der Waals surface area contributed by atoms with Gasteiger partial charge in [0.25, 0.3) is 0 Å². The van der Waals surface area contributed by atoms with Crippen molar-refractivity contribution >= 4 is 31.2 Å². The van der Waals surface area contributed by atoms with Gasteiger partial charge in [-0.25, -0.2) is 16.8 Å². The summed E-state index contributed by atoms with van der Waals surface area (Å²) in [5, 5.41) is 1.23. The summed E-state index contributed by atoms with van der Waals surface area (Å²) in [6, 6.07) is 10.5. The molecule has 0 spiro atoms. The zero-order valence-electron chi connectivity index (χ0n) is 14.8. The van der Waals surface area contributed by atoms with Crippen molar-refractivity contribution in [1.29, 1.82) is 0 Å². The molecule has 8 heteroatoms. The SMILES string of the molecule is CC(C)c1ccc(S(=O)(=O)N2CCC(c3cccs3)S(=O)(=O)CC2)cc1. The lowest BCUT2D eigenvalue weighted by Crippen LogP contribution is -2.33. The van der Waals surface area contributed by atoms with Crippen LogP contribution in [-0.4, -0.2) is 40.0 Å². The Hall–Kier alpha value is -1.22. The Morgan fingerprint density at radius 1 is 1.12 bits per heavy atom. The average molecular weight is 414 g/mol. The van der Waals surface area contributed by atoms with E-state index in [2.05, 4.69) is 0 Å². The first kappa shape index (κ1) is 19.5. The molecule has 5 nitrogen and oxygen atoms in total. The number of rotatable bonds is 4. The normalized spacial score (nSPS) is 21.6. The Morgan fingerprint density at radius 2 is 1.81 bits per heavy atom. The fraction of sp³-hybridized carbons (Fsp3) is 0.444. The predicted molar refractivity (Wildman–Crippen MR) is 105 cm³/mol. The largest absolute Gasteiger partial charge is 0.243 e. The second kappa shape index (κ2) is 7.42. The van der Waals surface area contributed by atoms with E-state index in [0.717, 1.165) is 10.4 Å². The van der Waals surface area contributed by atoms with Crippen LogP contribution in [0.25, 0.3) is 0 Å². The number of nitrogens with zero attached hydrogens (tertiary/aromatic N) is 1. The van der Waals surface area contributed by atoms with Crippen LogP contribution in [-0.2, 0) is 19.9 Å². The molecule has 0 N–H and O–H groups in total. The average Bonchev–Trinajstić information content (AvgIpc) is 3.06. The van der Waals surface area contributed by atoms with Crippen LogP contribution < -0.4 is 0 Å². The minimum absolute atomic E-state index is 0.00151. The van der Waals surface area contributed by atoms with Crippen molar-refractivity contribution in [1.82, 2.24) is 4.31 Å². The van der Waals surface area contributed by atoms with E-state index in [9.17, 15) is 16.8 Å². The van der Waals surface area contributed by atoms with Gasteiger partial charge in [-0.3, -0.25) is 0 Å². The molecule has 0 aliphatic carbocycles. The van der Waals surface area contributed by atoms with Gasteiger partial charge in [0.05, 0.1) is 15.9 Å². The van der Waals surface area contributed by atoms with Gasteiger partial charge in [-0.05, 0) is 41.5 Å². The van der Waals surface area contributed by atoms with Gasteiger partial charge in [-0.1, -0.05) is 32.0 Å². The van der Waals surface area contributed by atoms with Crippen LogP contribution in [0.2, 0.25) is 0 Å². The molecule has 2 heterocycles. The van der Waals surface area contributed by atoms with Crippen LogP contribution in [0.5, 0.6) is 0 Å². The van der Waals surface area contributed by atoms with Gasteiger partial charge in [-0.15, -0.1) is 11.3 Å². The molecule has 1 aliphatic heterocycles. The minimum atomic E-state index is -3.70. The van der Waals surface area contributed by atoms with Crippen LogP contribution in [0.1, 0.15) is 41.9 Å². The molecule has 1 unspecified atom stereocenters. The van der Waals surface area contributed by atoms with E-state index in [1.165, 1.54) is 15.6 Å². The lowest BCUT2D eigenvalue weighted by molar-refractivity contribution is 0.428. The maximum Gasteiger partial charge on any atom is 0.243 e. The second-order valence-corrected chi connectivity index (χ2v) is 12.0.